The third-order valence-corrected chi connectivity index (χ3v) is 2.93. The summed E-state index contributed by atoms with van der Waals surface area (Å²) in [4.78, 5) is 0. The normalized spacial score (nSPS) is 10.2. The largest absolute Gasteiger partial charge is 0.497 e. The Morgan fingerprint density at radius 2 is 1.75 bits per heavy atom. The summed E-state index contributed by atoms with van der Waals surface area (Å²) in [5.74, 6) is 2.21. The van der Waals surface area contributed by atoms with Gasteiger partial charge in [0.05, 0.1) is 7.11 Å². The summed E-state index contributed by atoms with van der Waals surface area (Å²) in [6, 6.07) is 19.4. The molecule has 4 nitrogen and oxygen atoms in total. The molecule has 0 aliphatic heterocycles. The maximum atomic E-state index is 5.34. The number of methoxy groups -OCH3 is 1. The molecule has 0 unspecified atom stereocenters. The number of nitrogens with zero attached hydrogens (tertiary/aromatic N) is 1. The van der Waals surface area contributed by atoms with Crippen molar-refractivity contribution in [1.29, 1.82) is 0 Å². The van der Waals surface area contributed by atoms with Crippen molar-refractivity contribution in [2.45, 2.75) is 0 Å². The number of aromatic nitrogens is 1. The first-order valence-electron chi connectivity index (χ1n) is 6.28. The van der Waals surface area contributed by atoms with Crippen LogP contribution in [0.4, 0.5) is 11.5 Å². The summed E-state index contributed by atoms with van der Waals surface area (Å²) < 4.78 is 10.5. The Morgan fingerprint density at radius 1 is 1.00 bits per heavy atom. The molecule has 1 aromatic heterocycles. The number of rotatable bonds is 4. The molecule has 1 heterocycles. The standard InChI is InChI=1S/C16H14N2O2/c1-19-14-9-7-12(8-10-14)15-11-16(18-20-15)17-13-5-3-2-4-6-13/h2-11H,1H3,(H,17,18). The zero-order chi connectivity index (χ0) is 13.8. The fourth-order valence-corrected chi connectivity index (χ4v) is 1.89. The van der Waals surface area contributed by atoms with Gasteiger partial charge in [-0.3, -0.25) is 0 Å². The molecule has 0 atom stereocenters. The van der Waals surface area contributed by atoms with E-state index in [2.05, 4.69) is 10.5 Å². The first-order valence-corrected chi connectivity index (χ1v) is 6.28. The van der Waals surface area contributed by atoms with Gasteiger partial charge in [0.2, 0.25) is 0 Å². The van der Waals surface area contributed by atoms with Crippen molar-refractivity contribution in [1.82, 2.24) is 5.16 Å². The highest BCUT2D eigenvalue weighted by atomic mass is 16.5. The molecule has 4 heteroatoms. The minimum atomic E-state index is 0.682. The van der Waals surface area contributed by atoms with E-state index in [1.54, 1.807) is 7.11 Å². The molecule has 0 aliphatic rings. The lowest BCUT2D eigenvalue weighted by molar-refractivity contribution is 0.414. The zero-order valence-corrected chi connectivity index (χ0v) is 11.0. The van der Waals surface area contributed by atoms with Crippen LogP contribution in [0.2, 0.25) is 0 Å². The lowest BCUT2D eigenvalue weighted by atomic mass is 10.1. The highest BCUT2D eigenvalue weighted by Gasteiger charge is 2.07. The molecule has 0 radical (unpaired) electrons. The van der Waals surface area contributed by atoms with E-state index >= 15 is 0 Å². The van der Waals surface area contributed by atoms with Crippen molar-refractivity contribution < 1.29 is 9.26 Å². The number of hydrogen-bond acceptors (Lipinski definition) is 4. The molecule has 20 heavy (non-hydrogen) atoms. The number of para-hydroxylation sites is 1. The highest BCUT2D eigenvalue weighted by Crippen LogP contribution is 2.25. The Balaban J connectivity index is 1.79. The van der Waals surface area contributed by atoms with Crippen molar-refractivity contribution in [2.24, 2.45) is 0 Å². The van der Waals surface area contributed by atoms with Crippen molar-refractivity contribution in [2.75, 3.05) is 12.4 Å². The van der Waals surface area contributed by atoms with Gasteiger partial charge in [-0.1, -0.05) is 23.4 Å². The third kappa shape index (κ3) is 2.64. The molecule has 0 bridgehead atoms. The van der Waals surface area contributed by atoms with Crippen LogP contribution in [-0.2, 0) is 0 Å². The van der Waals surface area contributed by atoms with Crippen molar-refractivity contribution in [3.05, 3.63) is 60.7 Å². The summed E-state index contributed by atoms with van der Waals surface area (Å²) in [5.41, 5.74) is 1.93. The van der Waals surface area contributed by atoms with Gasteiger partial charge in [0, 0.05) is 17.3 Å². The van der Waals surface area contributed by atoms with Gasteiger partial charge in [-0.15, -0.1) is 0 Å². The Kier molecular flexibility index (Phi) is 3.37. The monoisotopic (exact) mass is 266 g/mol. The van der Waals surface area contributed by atoms with Gasteiger partial charge in [-0.2, -0.15) is 0 Å². The van der Waals surface area contributed by atoms with E-state index in [0.29, 0.717) is 11.6 Å². The van der Waals surface area contributed by atoms with Crippen LogP contribution >= 0.6 is 0 Å². The Hall–Kier alpha value is -2.75. The minimum absolute atomic E-state index is 0.682. The molecule has 0 fully saturated rings. The van der Waals surface area contributed by atoms with Gasteiger partial charge >= 0.3 is 0 Å². The molecule has 0 spiro atoms. The number of anilines is 2. The first kappa shape index (κ1) is 12.3. The van der Waals surface area contributed by atoms with Crippen LogP contribution in [0.1, 0.15) is 0 Å². The van der Waals surface area contributed by atoms with Gasteiger partial charge in [0.15, 0.2) is 11.6 Å². The van der Waals surface area contributed by atoms with E-state index in [4.69, 9.17) is 9.26 Å². The molecular formula is C16H14N2O2. The van der Waals surface area contributed by atoms with E-state index in [-0.39, 0.29) is 0 Å². The van der Waals surface area contributed by atoms with Crippen LogP contribution in [0.15, 0.2) is 65.2 Å². The second-order valence-electron chi connectivity index (χ2n) is 4.30. The van der Waals surface area contributed by atoms with Crippen LogP contribution in [0, 0.1) is 0 Å². The second kappa shape index (κ2) is 5.48. The molecule has 3 rings (SSSR count). The predicted molar refractivity (Wildman–Crippen MR) is 78.2 cm³/mol. The molecule has 2 aromatic carbocycles. The first-order chi connectivity index (χ1) is 9.85. The predicted octanol–water partition coefficient (Wildman–Crippen LogP) is 4.09. The fourth-order valence-electron chi connectivity index (χ4n) is 1.89. The maximum Gasteiger partial charge on any atom is 0.174 e. The molecule has 100 valence electrons. The number of hydrogen-bond donors (Lipinski definition) is 1. The van der Waals surface area contributed by atoms with E-state index in [0.717, 1.165) is 17.0 Å². The summed E-state index contributed by atoms with van der Waals surface area (Å²) in [6.07, 6.45) is 0. The molecule has 1 N–H and O–H groups in total. The maximum absolute atomic E-state index is 5.34. The summed E-state index contributed by atoms with van der Waals surface area (Å²) in [5, 5.41) is 7.20. The molecule has 0 saturated carbocycles. The van der Waals surface area contributed by atoms with E-state index in [1.165, 1.54) is 0 Å². The average Bonchev–Trinajstić information content (AvgIpc) is 2.97. The summed E-state index contributed by atoms with van der Waals surface area (Å²) >= 11 is 0. The zero-order valence-electron chi connectivity index (χ0n) is 11.0. The number of benzene rings is 2. The van der Waals surface area contributed by atoms with Gasteiger partial charge in [-0.05, 0) is 36.4 Å². The topological polar surface area (TPSA) is 47.3 Å². The van der Waals surface area contributed by atoms with Gasteiger partial charge in [0.25, 0.3) is 0 Å². The quantitative estimate of drug-likeness (QED) is 0.772. The van der Waals surface area contributed by atoms with Gasteiger partial charge in [-0.25, -0.2) is 0 Å². The summed E-state index contributed by atoms with van der Waals surface area (Å²) in [7, 11) is 1.64. The smallest absolute Gasteiger partial charge is 0.174 e. The average molecular weight is 266 g/mol. The van der Waals surface area contributed by atoms with Crippen LogP contribution < -0.4 is 10.1 Å². The molecule has 0 aliphatic carbocycles. The number of ether oxygens (including phenoxy) is 1. The Morgan fingerprint density at radius 3 is 2.45 bits per heavy atom. The highest BCUT2D eigenvalue weighted by molar-refractivity contribution is 5.64. The second-order valence-corrected chi connectivity index (χ2v) is 4.30. The van der Waals surface area contributed by atoms with Crippen molar-refractivity contribution in [3.8, 4) is 17.1 Å². The molecule has 0 amide bonds. The van der Waals surface area contributed by atoms with Crippen LogP contribution in [-0.4, -0.2) is 12.3 Å². The fraction of sp³-hybridized carbons (Fsp3) is 0.0625. The van der Waals surface area contributed by atoms with Crippen molar-refractivity contribution >= 4 is 11.5 Å². The molecule has 3 aromatic rings. The van der Waals surface area contributed by atoms with Gasteiger partial charge < -0.3 is 14.6 Å². The lowest BCUT2D eigenvalue weighted by Crippen LogP contribution is -1.88. The van der Waals surface area contributed by atoms with E-state index in [9.17, 15) is 0 Å². The van der Waals surface area contributed by atoms with Crippen LogP contribution in [0.3, 0.4) is 0 Å². The SMILES string of the molecule is COc1ccc(-c2cc(Nc3ccccc3)no2)cc1. The van der Waals surface area contributed by atoms with Crippen LogP contribution in [0.5, 0.6) is 5.75 Å². The Labute approximate surface area is 117 Å². The summed E-state index contributed by atoms with van der Waals surface area (Å²) in [6.45, 7) is 0. The Bertz CT molecular complexity index is 675. The van der Waals surface area contributed by atoms with Crippen molar-refractivity contribution in [3.63, 3.8) is 0 Å². The van der Waals surface area contributed by atoms with Crippen LogP contribution in [0.25, 0.3) is 11.3 Å². The minimum Gasteiger partial charge on any atom is -0.497 e. The van der Waals surface area contributed by atoms with E-state index < -0.39 is 0 Å². The molecule has 0 saturated heterocycles. The molecular weight excluding hydrogens is 252 g/mol. The lowest BCUT2D eigenvalue weighted by Gasteiger charge is -2.00. The van der Waals surface area contributed by atoms with Gasteiger partial charge in [0.1, 0.15) is 5.75 Å². The van der Waals surface area contributed by atoms with E-state index in [1.807, 2.05) is 60.7 Å². The third-order valence-electron chi connectivity index (χ3n) is 2.93. The number of nitrogens with one attached hydrogen (secondary N) is 1.